The van der Waals surface area contributed by atoms with Gasteiger partial charge in [0.25, 0.3) is 0 Å². The highest BCUT2D eigenvalue weighted by Crippen LogP contribution is 2.31. The molecule has 8 heteroatoms. The number of carbonyl (C=O) groups is 2. The zero-order chi connectivity index (χ0) is 24.1. The Hall–Kier alpha value is -3.66. The molecule has 7 nitrogen and oxygen atoms in total. The first-order chi connectivity index (χ1) is 16.4. The van der Waals surface area contributed by atoms with Gasteiger partial charge in [-0.05, 0) is 76.7 Å². The molecular formula is C26H21IN2O5. The van der Waals surface area contributed by atoms with Crippen LogP contribution in [0.5, 0.6) is 11.5 Å². The number of carbonyl (C=O) groups excluding carboxylic acids is 2. The van der Waals surface area contributed by atoms with E-state index >= 15 is 0 Å². The van der Waals surface area contributed by atoms with E-state index in [1.807, 2.05) is 30.3 Å². The van der Waals surface area contributed by atoms with E-state index in [0.29, 0.717) is 29.4 Å². The van der Waals surface area contributed by atoms with Gasteiger partial charge in [-0.15, -0.1) is 0 Å². The van der Waals surface area contributed by atoms with Gasteiger partial charge >= 0.3 is 5.97 Å². The number of aliphatic imine (C=N–C) groups is 1. The van der Waals surface area contributed by atoms with Crippen LogP contribution in [0.3, 0.4) is 0 Å². The Morgan fingerprint density at radius 3 is 2.56 bits per heavy atom. The molecule has 0 unspecified atom stereocenters. The van der Waals surface area contributed by atoms with Crippen LogP contribution in [0.4, 0.5) is 5.69 Å². The molecule has 0 aliphatic carbocycles. The zero-order valence-corrected chi connectivity index (χ0v) is 20.7. The van der Waals surface area contributed by atoms with E-state index in [9.17, 15) is 9.59 Å². The molecule has 0 atom stereocenters. The maximum atomic E-state index is 12.4. The van der Waals surface area contributed by atoms with Crippen molar-refractivity contribution in [2.75, 3.05) is 12.4 Å². The van der Waals surface area contributed by atoms with E-state index in [-0.39, 0.29) is 17.5 Å². The molecule has 34 heavy (non-hydrogen) atoms. The topological polar surface area (TPSA) is 86.2 Å². The predicted octanol–water partition coefficient (Wildman–Crippen LogP) is 5.18. The van der Waals surface area contributed by atoms with E-state index in [2.05, 4.69) is 32.9 Å². The molecule has 1 aliphatic rings. The van der Waals surface area contributed by atoms with Crippen LogP contribution in [-0.2, 0) is 20.9 Å². The standard InChI is InChI=1S/C26H21IN2O5/c1-16(30)28-20-10-8-18(9-11-20)25-29-22(26(31)34-25)13-17-7-12-23(24(14-17)32-2)33-15-19-5-3-4-6-21(19)27/h3-14H,15H2,1-2H3,(H,28,30)/b22-13-. The third-order valence-corrected chi connectivity index (χ3v) is 5.96. The van der Waals surface area contributed by atoms with Crippen molar-refractivity contribution in [3.05, 3.63) is 92.7 Å². The van der Waals surface area contributed by atoms with E-state index in [0.717, 1.165) is 14.7 Å². The molecule has 0 fully saturated rings. The number of rotatable bonds is 7. The van der Waals surface area contributed by atoms with Crippen LogP contribution in [0, 0.1) is 3.57 Å². The first-order valence-corrected chi connectivity index (χ1v) is 11.5. The quantitative estimate of drug-likeness (QED) is 0.241. The van der Waals surface area contributed by atoms with Crippen molar-refractivity contribution in [2.24, 2.45) is 4.99 Å². The van der Waals surface area contributed by atoms with Gasteiger partial charge in [-0.1, -0.05) is 24.3 Å². The lowest BCUT2D eigenvalue weighted by Gasteiger charge is -2.12. The fraction of sp³-hybridized carbons (Fsp3) is 0.115. The van der Waals surface area contributed by atoms with E-state index in [1.165, 1.54) is 6.92 Å². The molecule has 1 N–H and O–H groups in total. The number of benzene rings is 3. The van der Waals surface area contributed by atoms with E-state index in [4.69, 9.17) is 14.2 Å². The molecule has 1 aliphatic heterocycles. The number of hydrogen-bond acceptors (Lipinski definition) is 6. The minimum atomic E-state index is -0.543. The summed E-state index contributed by atoms with van der Waals surface area (Å²) in [5.74, 6) is 0.643. The molecule has 172 valence electrons. The van der Waals surface area contributed by atoms with Crippen molar-refractivity contribution in [1.29, 1.82) is 0 Å². The minimum Gasteiger partial charge on any atom is -0.493 e. The summed E-state index contributed by atoms with van der Waals surface area (Å²) in [5, 5.41) is 2.69. The average molecular weight is 568 g/mol. The van der Waals surface area contributed by atoms with Gasteiger partial charge in [0, 0.05) is 27.3 Å². The molecule has 3 aromatic carbocycles. The molecule has 0 bridgehead atoms. The molecule has 0 radical (unpaired) electrons. The second-order valence-corrected chi connectivity index (χ2v) is 8.55. The van der Waals surface area contributed by atoms with Crippen molar-refractivity contribution in [1.82, 2.24) is 0 Å². The van der Waals surface area contributed by atoms with Crippen LogP contribution in [0.2, 0.25) is 0 Å². The maximum Gasteiger partial charge on any atom is 0.363 e. The van der Waals surface area contributed by atoms with Gasteiger partial charge in [0.2, 0.25) is 11.8 Å². The highest BCUT2D eigenvalue weighted by atomic mass is 127. The number of anilines is 1. The number of ether oxygens (including phenoxy) is 3. The molecule has 1 heterocycles. The van der Waals surface area contributed by atoms with E-state index in [1.54, 1.807) is 49.6 Å². The largest absolute Gasteiger partial charge is 0.493 e. The Morgan fingerprint density at radius 2 is 1.85 bits per heavy atom. The number of nitrogens with zero attached hydrogens (tertiary/aromatic N) is 1. The van der Waals surface area contributed by atoms with Crippen molar-refractivity contribution < 1.29 is 23.8 Å². The Balaban J connectivity index is 1.51. The normalized spacial score (nSPS) is 13.9. The van der Waals surface area contributed by atoms with Crippen LogP contribution in [0.25, 0.3) is 6.08 Å². The maximum absolute atomic E-state index is 12.4. The Labute approximate surface area is 210 Å². The SMILES string of the molecule is COc1cc(/C=C2\N=C(c3ccc(NC(C)=O)cc3)OC2=O)ccc1OCc1ccccc1I. The summed E-state index contributed by atoms with van der Waals surface area (Å²) in [6, 6.07) is 20.3. The summed E-state index contributed by atoms with van der Waals surface area (Å²) in [6.07, 6.45) is 1.63. The number of cyclic esters (lactones) is 1. The Morgan fingerprint density at radius 1 is 1.09 bits per heavy atom. The van der Waals surface area contributed by atoms with Crippen LogP contribution in [0.15, 0.2) is 77.4 Å². The van der Waals surface area contributed by atoms with Crippen LogP contribution < -0.4 is 14.8 Å². The molecule has 4 rings (SSSR count). The molecule has 0 saturated carbocycles. The summed E-state index contributed by atoms with van der Waals surface area (Å²) in [4.78, 5) is 27.9. The lowest BCUT2D eigenvalue weighted by molar-refractivity contribution is -0.129. The number of methoxy groups -OCH3 is 1. The van der Waals surface area contributed by atoms with Gasteiger partial charge in [0.05, 0.1) is 7.11 Å². The lowest BCUT2D eigenvalue weighted by atomic mass is 10.1. The van der Waals surface area contributed by atoms with E-state index < -0.39 is 5.97 Å². The highest BCUT2D eigenvalue weighted by Gasteiger charge is 2.24. The summed E-state index contributed by atoms with van der Waals surface area (Å²) in [7, 11) is 1.57. The van der Waals surface area contributed by atoms with Gasteiger partial charge in [0.15, 0.2) is 17.2 Å². The van der Waals surface area contributed by atoms with Crippen molar-refractivity contribution in [3.63, 3.8) is 0 Å². The van der Waals surface area contributed by atoms with Crippen molar-refractivity contribution in [2.45, 2.75) is 13.5 Å². The highest BCUT2D eigenvalue weighted by molar-refractivity contribution is 14.1. The molecule has 1 amide bonds. The van der Waals surface area contributed by atoms with Crippen molar-refractivity contribution >= 4 is 52.1 Å². The third kappa shape index (κ3) is 5.63. The molecule has 0 spiro atoms. The number of halogens is 1. The predicted molar refractivity (Wildman–Crippen MR) is 138 cm³/mol. The number of hydrogen-bond donors (Lipinski definition) is 1. The van der Waals surface area contributed by atoms with Gasteiger partial charge in [-0.2, -0.15) is 0 Å². The molecule has 0 saturated heterocycles. The first-order valence-electron chi connectivity index (χ1n) is 10.4. The summed E-state index contributed by atoms with van der Waals surface area (Å²) in [6.45, 7) is 1.85. The zero-order valence-electron chi connectivity index (χ0n) is 18.5. The van der Waals surface area contributed by atoms with Crippen LogP contribution >= 0.6 is 22.6 Å². The Bertz CT molecular complexity index is 1300. The van der Waals surface area contributed by atoms with Gasteiger partial charge in [-0.3, -0.25) is 4.79 Å². The number of nitrogens with one attached hydrogen (secondary N) is 1. The number of esters is 1. The fourth-order valence-electron chi connectivity index (χ4n) is 3.25. The fourth-order valence-corrected chi connectivity index (χ4v) is 3.80. The van der Waals surface area contributed by atoms with Gasteiger partial charge in [0.1, 0.15) is 6.61 Å². The minimum absolute atomic E-state index is 0.163. The molecule has 0 aromatic heterocycles. The summed E-state index contributed by atoms with van der Waals surface area (Å²) in [5.41, 5.74) is 3.25. The number of amides is 1. The van der Waals surface area contributed by atoms with Crippen LogP contribution in [-0.4, -0.2) is 24.9 Å². The smallest absolute Gasteiger partial charge is 0.363 e. The average Bonchev–Trinajstić information content (AvgIpc) is 3.19. The second kappa shape index (κ2) is 10.5. The summed E-state index contributed by atoms with van der Waals surface area (Å²) >= 11 is 2.28. The second-order valence-electron chi connectivity index (χ2n) is 7.38. The van der Waals surface area contributed by atoms with Crippen LogP contribution in [0.1, 0.15) is 23.6 Å². The summed E-state index contributed by atoms with van der Waals surface area (Å²) < 4.78 is 17.9. The Kier molecular flexibility index (Phi) is 7.27. The molecule has 3 aromatic rings. The monoisotopic (exact) mass is 568 g/mol. The molecular weight excluding hydrogens is 547 g/mol. The lowest BCUT2D eigenvalue weighted by Crippen LogP contribution is -2.07. The van der Waals surface area contributed by atoms with Gasteiger partial charge in [-0.25, -0.2) is 9.79 Å². The third-order valence-electron chi connectivity index (χ3n) is 4.90. The first kappa shape index (κ1) is 23.5. The van der Waals surface area contributed by atoms with Crippen molar-refractivity contribution in [3.8, 4) is 11.5 Å². The van der Waals surface area contributed by atoms with Gasteiger partial charge < -0.3 is 19.5 Å².